The number of ether oxygens (including phenoxy) is 1. The van der Waals surface area contributed by atoms with Gasteiger partial charge in [-0.05, 0) is 49.4 Å². The Balaban J connectivity index is 1.90. The van der Waals surface area contributed by atoms with E-state index < -0.39 is 0 Å². The molecule has 0 spiro atoms. The molecular weight excluding hydrogens is 280 g/mol. The molecular formula is C17H24N2O3. The number of benzene rings is 1. The molecule has 0 saturated carbocycles. The van der Waals surface area contributed by atoms with Gasteiger partial charge in [-0.2, -0.15) is 0 Å². The molecule has 1 heterocycles. The standard InChI is InChI=1S/C17H24N2O3/c1-3-11-22-16(20)14-6-8-15(9-7-14)18-17(21)19-10-4-5-13(2)12-19/h6-9,13H,3-5,10-12H2,1-2H3,(H,18,21). The van der Waals surface area contributed by atoms with Crippen LogP contribution in [0.1, 0.15) is 43.5 Å². The fourth-order valence-electron chi connectivity index (χ4n) is 2.54. The number of carbonyl (C=O) groups excluding carboxylic acids is 2. The lowest BCUT2D eigenvalue weighted by molar-refractivity contribution is 0.0505. The monoisotopic (exact) mass is 304 g/mol. The molecule has 0 aromatic heterocycles. The van der Waals surface area contributed by atoms with Gasteiger partial charge in [0, 0.05) is 18.8 Å². The number of esters is 1. The minimum absolute atomic E-state index is 0.0761. The van der Waals surface area contributed by atoms with Crippen LogP contribution in [0.25, 0.3) is 0 Å². The van der Waals surface area contributed by atoms with Gasteiger partial charge in [0.15, 0.2) is 0 Å². The van der Waals surface area contributed by atoms with Gasteiger partial charge in [-0.1, -0.05) is 13.8 Å². The molecule has 5 nitrogen and oxygen atoms in total. The summed E-state index contributed by atoms with van der Waals surface area (Å²) in [6, 6.07) is 6.73. The summed E-state index contributed by atoms with van der Waals surface area (Å²) in [5.41, 5.74) is 1.19. The van der Waals surface area contributed by atoms with Crippen molar-refractivity contribution >= 4 is 17.7 Å². The third-order valence-corrected chi connectivity index (χ3v) is 3.75. The van der Waals surface area contributed by atoms with Crippen molar-refractivity contribution < 1.29 is 14.3 Å². The Hall–Kier alpha value is -2.04. The topological polar surface area (TPSA) is 58.6 Å². The molecule has 1 atom stereocenters. The number of anilines is 1. The first-order valence-electron chi connectivity index (χ1n) is 7.93. The third kappa shape index (κ3) is 4.48. The van der Waals surface area contributed by atoms with E-state index in [-0.39, 0.29) is 12.0 Å². The summed E-state index contributed by atoms with van der Waals surface area (Å²) in [6.07, 6.45) is 3.03. The molecule has 1 saturated heterocycles. The van der Waals surface area contributed by atoms with Gasteiger partial charge in [-0.25, -0.2) is 9.59 Å². The van der Waals surface area contributed by atoms with Crippen molar-refractivity contribution in [2.45, 2.75) is 33.1 Å². The average molecular weight is 304 g/mol. The Bertz CT molecular complexity index is 513. The zero-order chi connectivity index (χ0) is 15.9. The Kier molecular flexibility index (Phi) is 5.81. The van der Waals surface area contributed by atoms with Gasteiger partial charge in [0.1, 0.15) is 0 Å². The van der Waals surface area contributed by atoms with Crippen LogP contribution >= 0.6 is 0 Å². The van der Waals surface area contributed by atoms with E-state index in [4.69, 9.17) is 4.74 Å². The largest absolute Gasteiger partial charge is 0.462 e. The number of amides is 2. The molecule has 5 heteroatoms. The molecule has 0 radical (unpaired) electrons. The zero-order valence-corrected chi connectivity index (χ0v) is 13.3. The number of urea groups is 1. The van der Waals surface area contributed by atoms with E-state index in [1.54, 1.807) is 24.3 Å². The van der Waals surface area contributed by atoms with E-state index in [9.17, 15) is 9.59 Å². The van der Waals surface area contributed by atoms with Crippen molar-refractivity contribution in [3.8, 4) is 0 Å². The smallest absolute Gasteiger partial charge is 0.338 e. The van der Waals surface area contributed by atoms with Gasteiger partial charge in [-0.3, -0.25) is 0 Å². The summed E-state index contributed by atoms with van der Waals surface area (Å²) in [4.78, 5) is 25.7. The summed E-state index contributed by atoms with van der Waals surface area (Å²) in [5.74, 6) is 0.222. The molecule has 1 N–H and O–H groups in total. The quantitative estimate of drug-likeness (QED) is 0.866. The average Bonchev–Trinajstić information content (AvgIpc) is 2.53. The van der Waals surface area contributed by atoms with E-state index in [0.29, 0.717) is 23.8 Å². The van der Waals surface area contributed by atoms with E-state index in [0.717, 1.165) is 25.9 Å². The lowest BCUT2D eigenvalue weighted by atomic mass is 10.0. The molecule has 2 rings (SSSR count). The molecule has 22 heavy (non-hydrogen) atoms. The third-order valence-electron chi connectivity index (χ3n) is 3.75. The number of nitrogens with one attached hydrogen (secondary N) is 1. The predicted octanol–water partition coefficient (Wildman–Crippen LogP) is 3.52. The maximum absolute atomic E-state index is 12.2. The summed E-state index contributed by atoms with van der Waals surface area (Å²) < 4.78 is 5.07. The molecule has 0 aliphatic carbocycles. The van der Waals surface area contributed by atoms with E-state index in [1.807, 2.05) is 11.8 Å². The number of likely N-dealkylation sites (tertiary alicyclic amines) is 1. The van der Waals surface area contributed by atoms with Crippen molar-refractivity contribution in [2.24, 2.45) is 5.92 Å². The predicted molar refractivity (Wildman–Crippen MR) is 86.0 cm³/mol. The van der Waals surface area contributed by atoms with Crippen LogP contribution < -0.4 is 5.32 Å². The van der Waals surface area contributed by atoms with Crippen LogP contribution in [-0.2, 0) is 4.74 Å². The summed E-state index contributed by atoms with van der Waals surface area (Å²) in [6.45, 7) is 6.14. The highest BCUT2D eigenvalue weighted by Gasteiger charge is 2.20. The minimum Gasteiger partial charge on any atom is -0.462 e. The van der Waals surface area contributed by atoms with Crippen LogP contribution in [0.2, 0.25) is 0 Å². The van der Waals surface area contributed by atoms with Gasteiger partial charge >= 0.3 is 12.0 Å². The van der Waals surface area contributed by atoms with Crippen molar-refractivity contribution in [1.29, 1.82) is 0 Å². The second-order valence-electron chi connectivity index (χ2n) is 5.84. The first kappa shape index (κ1) is 16.3. The second kappa shape index (κ2) is 7.82. The molecule has 120 valence electrons. The van der Waals surface area contributed by atoms with Gasteiger partial charge in [0.2, 0.25) is 0 Å². The molecule has 1 unspecified atom stereocenters. The number of rotatable bonds is 4. The normalized spacial score (nSPS) is 17.9. The van der Waals surface area contributed by atoms with Gasteiger partial charge in [0.25, 0.3) is 0 Å². The fourth-order valence-corrected chi connectivity index (χ4v) is 2.54. The number of carbonyl (C=O) groups is 2. The highest BCUT2D eigenvalue weighted by Crippen LogP contribution is 2.17. The Morgan fingerprint density at radius 1 is 1.32 bits per heavy atom. The summed E-state index contributed by atoms with van der Waals surface area (Å²) >= 11 is 0. The molecule has 1 aromatic carbocycles. The lowest BCUT2D eigenvalue weighted by Crippen LogP contribution is -2.41. The zero-order valence-electron chi connectivity index (χ0n) is 13.3. The number of hydrogen-bond donors (Lipinski definition) is 1. The van der Waals surface area contributed by atoms with E-state index in [1.165, 1.54) is 6.42 Å². The Morgan fingerprint density at radius 2 is 2.05 bits per heavy atom. The van der Waals surface area contributed by atoms with Crippen molar-refractivity contribution in [2.75, 3.05) is 25.0 Å². The first-order chi connectivity index (χ1) is 10.6. The van der Waals surface area contributed by atoms with Crippen LogP contribution in [0.15, 0.2) is 24.3 Å². The first-order valence-corrected chi connectivity index (χ1v) is 7.93. The summed E-state index contributed by atoms with van der Waals surface area (Å²) in [5, 5.41) is 2.88. The maximum atomic E-state index is 12.2. The van der Waals surface area contributed by atoms with Crippen LogP contribution in [0.5, 0.6) is 0 Å². The minimum atomic E-state index is -0.329. The fraction of sp³-hybridized carbons (Fsp3) is 0.529. The van der Waals surface area contributed by atoms with E-state index in [2.05, 4.69) is 12.2 Å². The van der Waals surface area contributed by atoms with Crippen molar-refractivity contribution in [3.05, 3.63) is 29.8 Å². The molecule has 0 bridgehead atoms. The van der Waals surface area contributed by atoms with E-state index >= 15 is 0 Å². The second-order valence-corrected chi connectivity index (χ2v) is 5.84. The lowest BCUT2D eigenvalue weighted by Gasteiger charge is -2.30. The van der Waals surface area contributed by atoms with Gasteiger partial charge in [0.05, 0.1) is 12.2 Å². The number of piperidine rings is 1. The Morgan fingerprint density at radius 3 is 2.68 bits per heavy atom. The van der Waals surface area contributed by atoms with Gasteiger partial charge in [-0.15, -0.1) is 0 Å². The Labute approximate surface area is 131 Å². The molecule has 1 aromatic rings. The van der Waals surface area contributed by atoms with Gasteiger partial charge < -0.3 is 15.0 Å². The maximum Gasteiger partial charge on any atom is 0.338 e. The van der Waals surface area contributed by atoms with Crippen LogP contribution in [0.4, 0.5) is 10.5 Å². The van der Waals surface area contributed by atoms with Crippen LogP contribution in [-0.4, -0.2) is 36.6 Å². The molecule has 1 aliphatic heterocycles. The SMILES string of the molecule is CCCOC(=O)c1ccc(NC(=O)N2CCCC(C)C2)cc1. The number of nitrogens with zero attached hydrogens (tertiary/aromatic N) is 1. The summed E-state index contributed by atoms with van der Waals surface area (Å²) in [7, 11) is 0. The highest BCUT2D eigenvalue weighted by atomic mass is 16.5. The molecule has 1 aliphatic rings. The van der Waals surface area contributed by atoms with Crippen LogP contribution in [0, 0.1) is 5.92 Å². The van der Waals surface area contributed by atoms with Crippen LogP contribution in [0.3, 0.4) is 0 Å². The molecule has 1 fully saturated rings. The molecule has 2 amide bonds. The van der Waals surface area contributed by atoms with Crippen molar-refractivity contribution in [1.82, 2.24) is 4.90 Å². The van der Waals surface area contributed by atoms with Crippen molar-refractivity contribution in [3.63, 3.8) is 0 Å². The highest BCUT2D eigenvalue weighted by molar-refractivity contribution is 5.92. The number of hydrogen-bond acceptors (Lipinski definition) is 3.